The lowest BCUT2D eigenvalue weighted by Crippen LogP contribution is -2.19. The maximum atomic E-state index is 12.5. The highest BCUT2D eigenvalue weighted by Gasteiger charge is 2.31. The van der Waals surface area contributed by atoms with Gasteiger partial charge in [-0.3, -0.25) is 0 Å². The van der Waals surface area contributed by atoms with Crippen molar-refractivity contribution in [3.8, 4) is 5.75 Å². The van der Waals surface area contributed by atoms with Gasteiger partial charge in [-0.2, -0.15) is 13.2 Å². The lowest BCUT2D eigenvalue weighted by molar-refractivity contribution is -0.137. The number of nitrogens with two attached hydrogens (primary N) is 1. The largest absolute Gasteiger partial charge is 0.490 e. The maximum absolute atomic E-state index is 12.5. The molecular formula is C12H14F3NO. The van der Waals surface area contributed by atoms with E-state index >= 15 is 0 Å². The summed E-state index contributed by atoms with van der Waals surface area (Å²) in [6.07, 6.45) is -2.02. The van der Waals surface area contributed by atoms with Crippen molar-refractivity contribution in [3.63, 3.8) is 0 Å². The molecule has 0 bridgehead atoms. The molecule has 0 aromatic heterocycles. The van der Waals surface area contributed by atoms with Crippen LogP contribution in [0.1, 0.15) is 24.8 Å². The Morgan fingerprint density at radius 3 is 2.59 bits per heavy atom. The van der Waals surface area contributed by atoms with Crippen molar-refractivity contribution in [1.82, 2.24) is 0 Å². The van der Waals surface area contributed by atoms with E-state index in [1.165, 1.54) is 6.07 Å². The predicted octanol–water partition coefficient (Wildman–Crippen LogP) is 2.96. The molecule has 2 rings (SSSR count). The predicted molar refractivity (Wildman–Crippen MR) is 57.7 cm³/mol. The van der Waals surface area contributed by atoms with Crippen molar-refractivity contribution >= 4 is 0 Å². The van der Waals surface area contributed by atoms with Crippen LogP contribution in [0.5, 0.6) is 5.75 Å². The van der Waals surface area contributed by atoms with Gasteiger partial charge in [-0.25, -0.2) is 0 Å². The molecule has 0 saturated heterocycles. The van der Waals surface area contributed by atoms with Crippen LogP contribution < -0.4 is 10.5 Å². The number of ether oxygens (including phenoxy) is 1. The summed E-state index contributed by atoms with van der Waals surface area (Å²) in [4.78, 5) is 0. The number of hydrogen-bond donors (Lipinski definition) is 1. The van der Waals surface area contributed by atoms with Gasteiger partial charge in [0.15, 0.2) is 0 Å². The summed E-state index contributed by atoms with van der Waals surface area (Å²) in [5.74, 6) is 0.263. The van der Waals surface area contributed by atoms with E-state index in [2.05, 4.69) is 0 Å². The number of halogens is 3. The summed E-state index contributed by atoms with van der Waals surface area (Å²) in [6, 6.07) is 5.06. The fourth-order valence-electron chi connectivity index (χ4n) is 2.02. The van der Waals surface area contributed by atoms with Crippen LogP contribution >= 0.6 is 0 Å². The van der Waals surface area contributed by atoms with Gasteiger partial charge in [-0.05, 0) is 37.5 Å². The van der Waals surface area contributed by atoms with Gasteiger partial charge in [-0.15, -0.1) is 0 Å². The van der Waals surface area contributed by atoms with Crippen LogP contribution in [0.3, 0.4) is 0 Å². The molecule has 0 amide bonds. The third kappa shape index (κ3) is 3.12. The zero-order valence-corrected chi connectivity index (χ0v) is 9.20. The Labute approximate surface area is 97.6 Å². The molecule has 2 N–H and O–H groups in total. The summed E-state index contributed by atoms with van der Waals surface area (Å²) in [5.41, 5.74) is 5.03. The normalized spacial score (nSPS) is 24.9. The Balaban J connectivity index is 2.06. The van der Waals surface area contributed by atoms with Crippen LogP contribution in [0.15, 0.2) is 24.3 Å². The lowest BCUT2D eigenvalue weighted by Gasteiger charge is -2.15. The van der Waals surface area contributed by atoms with E-state index in [0.717, 1.165) is 25.0 Å². The van der Waals surface area contributed by atoms with Crippen LogP contribution in [0, 0.1) is 0 Å². The molecule has 94 valence electrons. The minimum atomic E-state index is -4.33. The standard InChI is InChI=1S/C12H14F3NO/c13-12(14,15)8-2-1-3-10(6-8)17-11-5-4-9(16)7-11/h1-3,6,9,11H,4-5,7,16H2/t9-,11-/m1/s1. The first-order valence-corrected chi connectivity index (χ1v) is 5.54. The van der Waals surface area contributed by atoms with Crippen molar-refractivity contribution < 1.29 is 17.9 Å². The Morgan fingerprint density at radius 2 is 2.00 bits per heavy atom. The zero-order valence-electron chi connectivity index (χ0n) is 9.20. The zero-order chi connectivity index (χ0) is 12.5. The summed E-state index contributed by atoms with van der Waals surface area (Å²) in [7, 11) is 0. The van der Waals surface area contributed by atoms with Crippen LogP contribution in [-0.2, 0) is 6.18 Å². The average molecular weight is 245 g/mol. The second-order valence-electron chi connectivity index (χ2n) is 4.34. The van der Waals surface area contributed by atoms with Crippen LogP contribution in [0.25, 0.3) is 0 Å². The Hall–Kier alpha value is -1.23. The highest BCUT2D eigenvalue weighted by atomic mass is 19.4. The third-order valence-electron chi connectivity index (χ3n) is 2.89. The van der Waals surface area contributed by atoms with Crippen molar-refractivity contribution in [2.75, 3.05) is 0 Å². The molecule has 1 aromatic rings. The van der Waals surface area contributed by atoms with Gasteiger partial charge in [0.25, 0.3) is 0 Å². The number of rotatable bonds is 2. The SMILES string of the molecule is N[C@@H]1CC[C@@H](Oc2cccc(C(F)(F)F)c2)C1. The molecule has 1 fully saturated rings. The lowest BCUT2D eigenvalue weighted by atomic mass is 10.2. The Bertz CT molecular complexity index is 392. The molecule has 2 atom stereocenters. The van der Waals surface area contributed by atoms with Crippen molar-refractivity contribution in [2.24, 2.45) is 5.73 Å². The smallest absolute Gasteiger partial charge is 0.416 e. The Kier molecular flexibility index (Phi) is 3.28. The fraction of sp³-hybridized carbons (Fsp3) is 0.500. The van der Waals surface area contributed by atoms with Gasteiger partial charge < -0.3 is 10.5 Å². The number of hydrogen-bond acceptors (Lipinski definition) is 2. The van der Waals surface area contributed by atoms with Gasteiger partial charge in [0, 0.05) is 6.04 Å². The molecule has 0 unspecified atom stereocenters. The summed E-state index contributed by atoms with van der Waals surface area (Å²) in [5, 5.41) is 0. The van der Waals surface area contributed by atoms with E-state index in [4.69, 9.17) is 10.5 Å². The van der Waals surface area contributed by atoms with E-state index < -0.39 is 11.7 Å². The number of alkyl halides is 3. The van der Waals surface area contributed by atoms with E-state index in [1.54, 1.807) is 6.07 Å². The van der Waals surface area contributed by atoms with E-state index in [1.807, 2.05) is 0 Å². The first-order valence-electron chi connectivity index (χ1n) is 5.54. The van der Waals surface area contributed by atoms with E-state index in [-0.39, 0.29) is 17.9 Å². The first kappa shape index (κ1) is 12.2. The van der Waals surface area contributed by atoms with Gasteiger partial charge in [0.1, 0.15) is 11.9 Å². The van der Waals surface area contributed by atoms with Crippen molar-refractivity contribution in [3.05, 3.63) is 29.8 Å². The minimum absolute atomic E-state index is 0.0616. The van der Waals surface area contributed by atoms with Crippen molar-refractivity contribution in [2.45, 2.75) is 37.6 Å². The summed E-state index contributed by atoms with van der Waals surface area (Å²) < 4.78 is 42.9. The molecule has 5 heteroatoms. The quantitative estimate of drug-likeness (QED) is 0.869. The molecule has 1 aromatic carbocycles. The van der Waals surface area contributed by atoms with Crippen LogP contribution in [0.2, 0.25) is 0 Å². The fourth-order valence-corrected chi connectivity index (χ4v) is 2.02. The monoisotopic (exact) mass is 245 g/mol. The molecule has 0 aliphatic heterocycles. The number of benzene rings is 1. The molecule has 1 aliphatic rings. The molecule has 17 heavy (non-hydrogen) atoms. The molecule has 0 radical (unpaired) electrons. The molecule has 0 spiro atoms. The highest BCUT2D eigenvalue weighted by Crippen LogP contribution is 2.32. The highest BCUT2D eigenvalue weighted by molar-refractivity contribution is 5.30. The van der Waals surface area contributed by atoms with Gasteiger partial charge in [0.2, 0.25) is 0 Å². The first-order chi connectivity index (χ1) is 7.95. The molecule has 1 aliphatic carbocycles. The van der Waals surface area contributed by atoms with Crippen LogP contribution in [0.4, 0.5) is 13.2 Å². The molecule has 1 saturated carbocycles. The molecule has 2 nitrogen and oxygen atoms in total. The van der Waals surface area contributed by atoms with Gasteiger partial charge in [0.05, 0.1) is 5.56 Å². The van der Waals surface area contributed by atoms with Gasteiger partial charge in [-0.1, -0.05) is 6.07 Å². The van der Waals surface area contributed by atoms with Crippen molar-refractivity contribution in [1.29, 1.82) is 0 Å². The topological polar surface area (TPSA) is 35.2 Å². The van der Waals surface area contributed by atoms with Crippen LogP contribution in [-0.4, -0.2) is 12.1 Å². The maximum Gasteiger partial charge on any atom is 0.416 e. The summed E-state index contributed by atoms with van der Waals surface area (Å²) >= 11 is 0. The molecular weight excluding hydrogens is 231 g/mol. The average Bonchev–Trinajstić information content (AvgIpc) is 2.63. The third-order valence-corrected chi connectivity index (χ3v) is 2.89. The van der Waals surface area contributed by atoms with Gasteiger partial charge >= 0.3 is 6.18 Å². The minimum Gasteiger partial charge on any atom is -0.490 e. The Morgan fingerprint density at radius 1 is 1.24 bits per heavy atom. The second kappa shape index (κ2) is 4.56. The summed E-state index contributed by atoms with van der Waals surface area (Å²) in [6.45, 7) is 0. The molecule has 0 heterocycles. The van der Waals surface area contributed by atoms with E-state index in [9.17, 15) is 13.2 Å². The van der Waals surface area contributed by atoms with E-state index in [0.29, 0.717) is 6.42 Å². The second-order valence-corrected chi connectivity index (χ2v) is 4.34.